The molecule has 0 amide bonds. The Morgan fingerprint density at radius 2 is 1.40 bits per heavy atom. The van der Waals surface area contributed by atoms with Crippen molar-refractivity contribution in [3.05, 3.63) is 0 Å². The third-order valence-electron chi connectivity index (χ3n) is 2.65. The summed E-state index contributed by atoms with van der Waals surface area (Å²) in [5, 5.41) is 0. The monoisotopic (exact) mass is 232 g/mol. The van der Waals surface area contributed by atoms with Crippen molar-refractivity contribution in [2.45, 2.75) is 71.1 Å². The van der Waals surface area contributed by atoms with Gasteiger partial charge in [0.2, 0.25) is 0 Å². The minimum Gasteiger partial charge on any atom is -0.300 e. The van der Waals surface area contributed by atoms with Crippen LogP contribution in [-0.4, -0.2) is 11.7 Å². The van der Waals surface area contributed by atoms with Crippen LogP contribution in [0.25, 0.3) is 0 Å². The van der Waals surface area contributed by atoms with E-state index in [9.17, 15) is 4.79 Å². The number of unbranched alkanes of at least 4 members (excludes halogenated alkanes) is 6. The van der Waals surface area contributed by atoms with E-state index in [1.54, 1.807) is 0 Å². The van der Waals surface area contributed by atoms with Gasteiger partial charge >= 0.3 is 0 Å². The number of ketones is 1. The molecular weight excluding hydrogens is 208 g/mol. The summed E-state index contributed by atoms with van der Waals surface area (Å²) in [6.45, 7) is 2.19. The molecule has 0 radical (unpaired) electrons. The van der Waals surface area contributed by atoms with Gasteiger partial charge in [0, 0.05) is 18.7 Å². The van der Waals surface area contributed by atoms with Crippen LogP contribution in [0.15, 0.2) is 0 Å². The Morgan fingerprint density at radius 1 is 0.867 bits per heavy atom. The third-order valence-corrected chi connectivity index (χ3v) is 2.92. The minimum atomic E-state index is 0.456. The second kappa shape index (κ2) is 12.0. The molecule has 0 N–H and O–H groups in total. The van der Waals surface area contributed by atoms with Gasteiger partial charge in [-0.3, -0.25) is 4.79 Å². The van der Waals surface area contributed by atoms with Gasteiger partial charge in [-0.25, -0.2) is 0 Å². The number of alkyl halides is 1. The molecule has 0 aliphatic rings. The van der Waals surface area contributed by atoms with E-state index >= 15 is 0 Å². The Balaban J connectivity index is 3.11. The van der Waals surface area contributed by atoms with Crippen molar-refractivity contribution in [3.63, 3.8) is 0 Å². The fraction of sp³-hybridized carbons (Fsp3) is 0.923. The number of carbonyl (C=O) groups is 1. The molecule has 0 fully saturated rings. The van der Waals surface area contributed by atoms with Gasteiger partial charge in [0.1, 0.15) is 5.78 Å². The van der Waals surface area contributed by atoms with Crippen LogP contribution >= 0.6 is 11.6 Å². The van der Waals surface area contributed by atoms with Crippen LogP contribution < -0.4 is 0 Å². The molecule has 0 spiro atoms. The summed E-state index contributed by atoms with van der Waals surface area (Å²) in [5.74, 6) is 1.21. The molecule has 0 saturated carbocycles. The van der Waals surface area contributed by atoms with Crippen LogP contribution in [0.5, 0.6) is 0 Å². The predicted octanol–water partition coefficient (Wildman–Crippen LogP) is 4.72. The molecule has 0 saturated heterocycles. The Morgan fingerprint density at radius 3 is 1.93 bits per heavy atom. The van der Waals surface area contributed by atoms with E-state index in [-0.39, 0.29) is 0 Å². The lowest BCUT2D eigenvalue weighted by Crippen LogP contribution is -1.97. The molecule has 0 bridgehead atoms. The summed E-state index contributed by atoms with van der Waals surface area (Å²) < 4.78 is 0. The molecule has 0 aromatic rings. The maximum absolute atomic E-state index is 11.4. The number of halogens is 1. The number of hydrogen-bond donors (Lipinski definition) is 0. The van der Waals surface area contributed by atoms with E-state index in [0.29, 0.717) is 5.78 Å². The van der Waals surface area contributed by atoms with E-state index in [1.807, 2.05) is 0 Å². The summed E-state index contributed by atoms with van der Waals surface area (Å²) >= 11 is 5.57. The zero-order valence-electron chi connectivity index (χ0n) is 10.1. The predicted molar refractivity (Wildman–Crippen MR) is 67.6 cm³/mol. The van der Waals surface area contributed by atoms with Crippen molar-refractivity contribution < 1.29 is 4.79 Å². The fourth-order valence-electron chi connectivity index (χ4n) is 1.64. The Kier molecular flexibility index (Phi) is 12.0. The van der Waals surface area contributed by atoms with Gasteiger partial charge in [0.25, 0.3) is 0 Å². The summed E-state index contributed by atoms with van der Waals surface area (Å²) in [7, 11) is 0. The fourth-order valence-corrected chi connectivity index (χ4v) is 1.83. The Hall–Kier alpha value is -0.0400. The van der Waals surface area contributed by atoms with E-state index in [0.717, 1.165) is 44.4 Å². The minimum absolute atomic E-state index is 0.456. The van der Waals surface area contributed by atoms with Gasteiger partial charge in [-0.15, -0.1) is 11.6 Å². The highest BCUT2D eigenvalue weighted by Gasteiger charge is 2.01. The SMILES string of the molecule is CCCCCCC(=O)CCCCCCCl. The lowest BCUT2D eigenvalue weighted by Gasteiger charge is -2.01. The van der Waals surface area contributed by atoms with Crippen LogP contribution in [0, 0.1) is 0 Å². The Bertz CT molecular complexity index is 145. The number of rotatable bonds is 11. The molecule has 0 atom stereocenters. The molecule has 0 aromatic carbocycles. The van der Waals surface area contributed by atoms with Crippen molar-refractivity contribution in [3.8, 4) is 0 Å². The van der Waals surface area contributed by atoms with Crippen LogP contribution in [0.1, 0.15) is 71.1 Å². The van der Waals surface area contributed by atoms with Crippen LogP contribution in [0.3, 0.4) is 0 Å². The summed E-state index contributed by atoms with van der Waals surface area (Å²) in [6.07, 6.45) is 10.9. The highest BCUT2D eigenvalue weighted by molar-refractivity contribution is 6.17. The molecule has 0 aromatic heterocycles. The molecule has 90 valence electrons. The van der Waals surface area contributed by atoms with E-state index in [4.69, 9.17) is 11.6 Å². The first-order valence-corrected chi connectivity index (χ1v) is 6.92. The number of Topliss-reactive ketones (excluding diaryl/α,β-unsaturated/α-hetero) is 1. The molecule has 0 rings (SSSR count). The van der Waals surface area contributed by atoms with Gasteiger partial charge in [-0.2, -0.15) is 0 Å². The van der Waals surface area contributed by atoms with Crippen molar-refractivity contribution in [2.24, 2.45) is 0 Å². The second-order valence-electron chi connectivity index (χ2n) is 4.20. The van der Waals surface area contributed by atoms with E-state index in [2.05, 4.69) is 6.92 Å². The first-order chi connectivity index (χ1) is 7.31. The van der Waals surface area contributed by atoms with Crippen LogP contribution in [0.4, 0.5) is 0 Å². The van der Waals surface area contributed by atoms with Crippen molar-refractivity contribution in [1.82, 2.24) is 0 Å². The maximum atomic E-state index is 11.4. The number of carbonyl (C=O) groups excluding carboxylic acids is 1. The second-order valence-corrected chi connectivity index (χ2v) is 4.58. The molecule has 0 aliphatic carbocycles. The number of hydrogen-bond acceptors (Lipinski definition) is 1. The lowest BCUT2D eigenvalue weighted by atomic mass is 10.0. The van der Waals surface area contributed by atoms with Crippen molar-refractivity contribution in [2.75, 3.05) is 5.88 Å². The first-order valence-electron chi connectivity index (χ1n) is 6.39. The van der Waals surface area contributed by atoms with Crippen LogP contribution in [0.2, 0.25) is 0 Å². The first kappa shape index (κ1) is 15.0. The van der Waals surface area contributed by atoms with Gasteiger partial charge < -0.3 is 0 Å². The smallest absolute Gasteiger partial charge is 0.132 e. The third kappa shape index (κ3) is 11.9. The highest BCUT2D eigenvalue weighted by Crippen LogP contribution is 2.08. The topological polar surface area (TPSA) is 17.1 Å². The zero-order chi connectivity index (χ0) is 11.4. The highest BCUT2D eigenvalue weighted by atomic mass is 35.5. The summed E-state index contributed by atoms with van der Waals surface area (Å²) in [5.41, 5.74) is 0. The maximum Gasteiger partial charge on any atom is 0.132 e. The molecule has 0 heterocycles. The molecule has 2 heteroatoms. The molecule has 0 aliphatic heterocycles. The largest absolute Gasteiger partial charge is 0.300 e. The van der Waals surface area contributed by atoms with Crippen molar-refractivity contribution in [1.29, 1.82) is 0 Å². The molecule has 0 unspecified atom stereocenters. The summed E-state index contributed by atoms with van der Waals surface area (Å²) in [4.78, 5) is 11.4. The van der Waals surface area contributed by atoms with E-state index in [1.165, 1.54) is 25.7 Å². The standard InChI is InChI=1S/C13H25ClO/c1-2-3-4-7-10-13(15)11-8-5-6-9-12-14/h2-12H2,1H3. The summed E-state index contributed by atoms with van der Waals surface area (Å²) in [6, 6.07) is 0. The average Bonchev–Trinajstić information content (AvgIpc) is 2.24. The van der Waals surface area contributed by atoms with E-state index < -0.39 is 0 Å². The molecular formula is C13H25ClO. The zero-order valence-corrected chi connectivity index (χ0v) is 10.8. The van der Waals surface area contributed by atoms with Gasteiger partial charge in [-0.1, -0.05) is 39.0 Å². The normalized spacial score (nSPS) is 10.5. The quantitative estimate of drug-likeness (QED) is 0.372. The van der Waals surface area contributed by atoms with Crippen molar-refractivity contribution >= 4 is 17.4 Å². The van der Waals surface area contributed by atoms with Gasteiger partial charge in [0.15, 0.2) is 0 Å². The van der Waals surface area contributed by atoms with Gasteiger partial charge in [0.05, 0.1) is 0 Å². The average molecular weight is 233 g/mol. The van der Waals surface area contributed by atoms with Crippen LogP contribution in [-0.2, 0) is 4.79 Å². The lowest BCUT2D eigenvalue weighted by molar-refractivity contribution is -0.119. The molecule has 15 heavy (non-hydrogen) atoms. The van der Waals surface area contributed by atoms with Gasteiger partial charge in [-0.05, 0) is 19.3 Å². The molecule has 1 nitrogen and oxygen atoms in total. The Labute approximate surface area is 99.6 Å².